The zero-order valence-corrected chi connectivity index (χ0v) is 10.3. The Kier molecular flexibility index (Phi) is 3.99. The van der Waals surface area contributed by atoms with Crippen LogP contribution in [0.3, 0.4) is 0 Å². The lowest BCUT2D eigenvalue weighted by atomic mass is 10.2. The van der Waals surface area contributed by atoms with Crippen LogP contribution in [0.2, 0.25) is 0 Å². The largest absolute Gasteiger partial charge is 0.461 e. The van der Waals surface area contributed by atoms with Crippen LogP contribution in [0.4, 0.5) is 11.5 Å². The molecule has 1 fully saturated rings. The minimum atomic E-state index is -0.444. The van der Waals surface area contributed by atoms with Gasteiger partial charge in [-0.05, 0) is 25.5 Å². The molecule has 18 heavy (non-hydrogen) atoms. The molecule has 1 aliphatic heterocycles. The summed E-state index contributed by atoms with van der Waals surface area (Å²) in [7, 11) is 0. The van der Waals surface area contributed by atoms with Crippen molar-refractivity contribution < 1.29 is 14.3 Å². The number of nitrogens with one attached hydrogen (secondary N) is 1. The fourth-order valence-corrected chi connectivity index (χ4v) is 1.59. The second kappa shape index (κ2) is 5.68. The maximum Gasteiger partial charge on any atom is 0.357 e. The van der Waals surface area contributed by atoms with Crippen LogP contribution in [0.1, 0.15) is 23.8 Å². The highest BCUT2D eigenvalue weighted by atomic mass is 16.5. The Morgan fingerprint density at radius 1 is 1.67 bits per heavy atom. The van der Waals surface area contributed by atoms with E-state index < -0.39 is 5.97 Å². The first kappa shape index (κ1) is 12.6. The zero-order chi connectivity index (χ0) is 13.0. The minimum absolute atomic E-state index is 0.206. The molecule has 0 radical (unpaired) electrons. The first-order chi connectivity index (χ1) is 8.70. The Labute approximate surface area is 105 Å². The van der Waals surface area contributed by atoms with Crippen molar-refractivity contribution in [2.75, 3.05) is 30.8 Å². The van der Waals surface area contributed by atoms with Gasteiger partial charge in [-0.25, -0.2) is 9.78 Å². The lowest BCUT2D eigenvalue weighted by Crippen LogP contribution is -2.33. The van der Waals surface area contributed by atoms with E-state index in [9.17, 15) is 4.79 Å². The normalized spacial score (nSPS) is 17.9. The van der Waals surface area contributed by atoms with E-state index in [0.717, 1.165) is 13.0 Å². The van der Waals surface area contributed by atoms with Crippen LogP contribution >= 0.6 is 0 Å². The van der Waals surface area contributed by atoms with Gasteiger partial charge in [-0.2, -0.15) is 0 Å². The summed E-state index contributed by atoms with van der Waals surface area (Å²) in [6, 6.07) is 3.20. The average molecular weight is 251 g/mol. The minimum Gasteiger partial charge on any atom is -0.461 e. The van der Waals surface area contributed by atoms with Crippen LogP contribution < -0.4 is 11.1 Å². The maximum absolute atomic E-state index is 11.5. The Bertz CT molecular complexity index is 433. The highest BCUT2D eigenvalue weighted by Crippen LogP contribution is 2.18. The van der Waals surface area contributed by atoms with Crippen LogP contribution in [-0.4, -0.2) is 36.8 Å². The van der Waals surface area contributed by atoms with E-state index in [2.05, 4.69) is 10.3 Å². The van der Waals surface area contributed by atoms with Gasteiger partial charge >= 0.3 is 5.97 Å². The van der Waals surface area contributed by atoms with Crippen molar-refractivity contribution in [2.45, 2.75) is 19.4 Å². The van der Waals surface area contributed by atoms with E-state index in [4.69, 9.17) is 15.2 Å². The van der Waals surface area contributed by atoms with E-state index in [-0.39, 0.29) is 11.8 Å². The molecular weight excluding hydrogens is 234 g/mol. The van der Waals surface area contributed by atoms with Gasteiger partial charge < -0.3 is 20.5 Å². The monoisotopic (exact) mass is 251 g/mol. The third-order valence-corrected chi connectivity index (χ3v) is 2.70. The number of nitrogens with zero attached hydrogens (tertiary/aromatic N) is 1. The second-order valence-electron chi connectivity index (χ2n) is 4.02. The van der Waals surface area contributed by atoms with Gasteiger partial charge in [0.05, 0.1) is 18.4 Å². The van der Waals surface area contributed by atoms with Crippen molar-refractivity contribution in [3.05, 3.63) is 17.8 Å². The van der Waals surface area contributed by atoms with Gasteiger partial charge in [0, 0.05) is 13.2 Å². The molecule has 2 heterocycles. The molecule has 1 saturated heterocycles. The summed E-state index contributed by atoms with van der Waals surface area (Å²) in [4.78, 5) is 15.7. The topological polar surface area (TPSA) is 86.5 Å². The summed E-state index contributed by atoms with van der Waals surface area (Å²) in [6.07, 6.45) is 1.24. The molecule has 6 nitrogen and oxygen atoms in total. The quantitative estimate of drug-likeness (QED) is 0.760. The SMILES string of the molecule is CCOC(=O)c1ccc(N)c(NCC2CCO2)n1. The third-order valence-electron chi connectivity index (χ3n) is 2.70. The van der Waals surface area contributed by atoms with Crippen LogP contribution in [0.15, 0.2) is 12.1 Å². The first-order valence-corrected chi connectivity index (χ1v) is 6.00. The van der Waals surface area contributed by atoms with E-state index in [0.29, 0.717) is 24.7 Å². The number of anilines is 2. The van der Waals surface area contributed by atoms with Crippen molar-refractivity contribution in [1.29, 1.82) is 0 Å². The first-order valence-electron chi connectivity index (χ1n) is 6.00. The van der Waals surface area contributed by atoms with Gasteiger partial charge in [0.15, 0.2) is 5.69 Å². The van der Waals surface area contributed by atoms with Gasteiger partial charge in [0.2, 0.25) is 0 Å². The lowest BCUT2D eigenvalue weighted by Gasteiger charge is -2.26. The number of pyridine rings is 1. The average Bonchev–Trinajstić information content (AvgIpc) is 2.29. The van der Waals surface area contributed by atoms with Crippen LogP contribution in [0.25, 0.3) is 0 Å². The number of aromatic nitrogens is 1. The molecule has 0 aromatic carbocycles. The molecular formula is C12H17N3O3. The fourth-order valence-electron chi connectivity index (χ4n) is 1.59. The number of nitrogens with two attached hydrogens (primary N) is 1. The predicted octanol–water partition coefficient (Wildman–Crippen LogP) is 1.04. The molecule has 0 spiro atoms. The molecule has 1 unspecified atom stereocenters. The molecule has 2 rings (SSSR count). The maximum atomic E-state index is 11.5. The molecule has 0 aliphatic carbocycles. The standard InChI is InChI=1S/C12H17N3O3/c1-2-17-12(16)10-4-3-9(13)11(15-10)14-7-8-5-6-18-8/h3-4,8H,2,5-7,13H2,1H3,(H,14,15). The van der Waals surface area contributed by atoms with Crippen molar-refractivity contribution in [3.8, 4) is 0 Å². The number of hydrogen-bond acceptors (Lipinski definition) is 6. The van der Waals surface area contributed by atoms with E-state index >= 15 is 0 Å². The van der Waals surface area contributed by atoms with Gasteiger partial charge in [-0.3, -0.25) is 0 Å². The highest BCUT2D eigenvalue weighted by Gasteiger charge is 2.18. The molecule has 6 heteroatoms. The number of rotatable bonds is 5. The molecule has 98 valence electrons. The Morgan fingerprint density at radius 3 is 3.06 bits per heavy atom. The summed E-state index contributed by atoms with van der Waals surface area (Å²) in [5.41, 5.74) is 6.55. The number of esters is 1. The number of nitrogen functional groups attached to an aromatic ring is 1. The summed E-state index contributed by atoms with van der Waals surface area (Å²) >= 11 is 0. The Balaban J connectivity index is 2.03. The highest BCUT2D eigenvalue weighted by molar-refractivity contribution is 5.88. The van der Waals surface area contributed by atoms with Crippen LogP contribution in [-0.2, 0) is 9.47 Å². The Morgan fingerprint density at radius 2 is 2.44 bits per heavy atom. The zero-order valence-electron chi connectivity index (χ0n) is 10.3. The second-order valence-corrected chi connectivity index (χ2v) is 4.02. The van der Waals surface area contributed by atoms with E-state index in [1.165, 1.54) is 0 Å². The summed E-state index contributed by atoms with van der Waals surface area (Å²) in [5, 5.41) is 3.08. The number of carbonyl (C=O) groups is 1. The number of ether oxygens (including phenoxy) is 2. The van der Waals surface area contributed by atoms with E-state index in [1.807, 2.05) is 0 Å². The molecule has 1 aromatic heterocycles. The molecule has 0 amide bonds. The van der Waals surface area contributed by atoms with Gasteiger partial charge in [-0.15, -0.1) is 0 Å². The fraction of sp³-hybridized carbons (Fsp3) is 0.500. The number of carbonyl (C=O) groups excluding carboxylic acids is 1. The van der Waals surface area contributed by atoms with Crippen molar-refractivity contribution >= 4 is 17.5 Å². The molecule has 0 saturated carbocycles. The van der Waals surface area contributed by atoms with Gasteiger partial charge in [0.25, 0.3) is 0 Å². The molecule has 3 N–H and O–H groups in total. The predicted molar refractivity (Wildman–Crippen MR) is 67.5 cm³/mol. The van der Waals surface area contributed by atoms with Crippen molar-refractivity contribution in [1.82, 2.24) is 4.98 Å². The van der Waals surface area contributed by atoms with Crippen molar-refractivity contribution in [3.63, 3.8) is 0 Å². The Hall–Kier alpha value is -1.82. The number of hydrogen-bond donors (Lipinski definition) is 2. The smallest absolute Gasteiger partial charge is 0.357 e. The molecule has 0 bridgehead atoms. The van der Waals surface area contributed by atoms with E-state index in [1.54, 1.807) is 19.1 Å². The summed E-state index contributed by atoms with van der Waals surface area (Å²) in [5.74, 6) is 0.0523. The lowest BCUT2D eigenvalue weighted by molar-refractivity contribution is -0.0410. The molecule has 1 atom stereocenters. The third kappa shape index (κ3) is 2.89. The summed E-state index contributed by atoms with van der Waals surface area (Å²) < 4.78 is 10.2. The van der Waals surface area contributed by atoms with Crippen LogP contribution in [0, 0.1) is 0 Å². The molecule has 1 aliphatic rings. The van der Waals surface area contributed by atoms with Crippen molar-refractivity contribution in [2.24, 2.45) is 0 Å². The van der Waals surface area contributed by atoms with Gasteiger partial charge in [0.1, 0.15) is 5.82 Å². The van der Waals surface area contributed by atoms with Gasteiger partial charge in [-0.1, -0.05) is 0 Å². The summed E-state index contributed by atoms with van der Waals surface area (Å²) in [6.45, 7) is 3.52. The van der Waals surface area contributed by atoms with Crippen LogP contribution in [0.5, 0.6) is 0 Å². The molecule has 1 aromatic rings.